The molecule has 4 heteroatoms. The number of carbonyl (C=O) groups is 1. The SMILES string of the molecule is CC(C)(C)OC(=O)N[C@H]1CN[C@H]2CC[C@H]1C2. The van der Waals surface area contributed by atoms with Gasteiger partial charge in [-0.05, 0) is 46.0 Å². The van der Waals surface area contributed by atoms with Crippen LogP contribution in [0.15, 0.2) is 0 Å². The van der Waals surface area contributed by atoms with E-state index in [1.165, 1.54) is 19.3 Å². The lowest BCUT2D eigenvalue weighted by atomic mass is 9.95. The third kappa shape index (κ3) is 2.88. The predicted octanol–water partition coefficient (Wildman–Crippen LogP) is 1.65. The highest BCUT2D eigenvalue weighted by atomic mass is 16.6. The molecule has 1 heterocycles. The Bertz CT molecular complexity index is 273. The van der Waals surface area contributed by atoms with Crippen molar-refractivity contribution in [1.82, 2.24) is 10.6 Å². The second kappa shape index (κ2) is 4.24. The molecule has 0 spiro atoms. The summed E-state index contributed by atoms with van der Waals surface area (Å²) >= 11 is 0. The van der Waals surface area contributed by atoms with Crippen molar-refractivity contribution in [3.63, 3.8) is 0 Å². The molecule has 92 valence electrons. The second-order valence-corrected chi connectivity index (χ2v) is 5.93. The van der Waals surface area contributed by atoms with Crippen LogP contribution in [0.25, 0.3) is 0 Å². The summed E-state index contributed by atoms with van der Waals surface area (Å²) in [6, 6.07) is 0.926. The lowest BCUT2D eigenvalue weighted by Crippen LogP contribution is -2.51. The fraction of sp³-hybridized carbons (Fsp3) is 0.917. The van der Waals surface area contributed by atoms with E-state index in [9.17, 15) is 4.79 Å². The maximum absolute atomic E-state index is 11.6. The van der Waals surface area contributed by atoms with E-state index < -0.39 is 5.60 Å². The third-order valence-electron chi connectivity index (χ3n) is 3.37. The minimum absolute atomic E-state index is 0.244. The molecule has 1 aliphatic heterocycles. The van der Waals surface area contributed by atoms with Crippen molar-refractivity contribution < 1.29 is 9.53 Å². The molecule has 2 fully saturated rings. The smallest absolute Gasteiger partial charge is 0.407 e. The summed E-state index contributed by atoms with van der Waals surface area (Å²) < 4.78 is 5.27. The molecule has 16 heavy (non-hydrogen) atoms. The number of alkyl carbamates (subject to hydrolysis) is 1. The van der Waals surface area contributed by atoms with Gasteiger partial charge in [0, 0.05) is 18.6 Å². The van der Waals surface area contributed by atoms with Gasteiger partial charge >= 0.3 is 6.09 Å². The molecule has 0 radical (unpaired) electrons. The van der Waals surface area contributed by atoms with Gasteiger partial charge in [-0.1, -0.05) is 0 Å². The standard InChI is InChI=1S/C12H22N2O2/c1-12(2,3)16-11(15)14-10-7-13-9-5-4-8(10)6-9/h8-10,13H,4-7H2,1-3H3,(H,14,15)/t8-,9-,10-/m0/s1. The summed E-state index contributed by atoms with van der Waals surface area (Å²) in [6.45, 7) is 6.54. The van der Waals surface area contributed by atoms with Crippen LogP contribution in [-0.4, -0.2) is 30.3 Å². The Labute approximate surface area is 97.1 Å². The number of nitrogens with one attached hydrogen (secondary N) is 2. The molecule has 1 amide bonds. The zero-order valence-corrected chi connectivity index (χ0v) is 10.4. The Balaban J connectivity index is 1.83. The highest BCUT2D eigenvalue weighted by Crippen LogP contribution is 2.31. The Hall–Kier alpha value is -0.770. The Kier molecular flexibility index (Phi) is 3.10. The summed E-state index contributed by atoms with van der Waals surface area (Å²) in [7, 11) is 0. The number of hydrogen-bond acceptors (Lipinski definition) is 3. The minimum Gasteiger partial charge on any atom is -0.444 e. The van der Waals surface area contributed by atoms with Crippen LogP contribution in [0.1, 0.15) is 40.0 Å². The van der Waals surface area contributed by atoms with Gasteiger partial charge in [0.15, 0.2) is 0 Å². The van der Waals surface area contributed by atoms with Crippen LogP contribution < -0.4 is 10.6 Å². The van der Waals surface area contributed by atoms with Crippen LogP contribution in [0.5, 0.6) is 0 Å². The lowest BCUT2D eigenvalue weighted by molar-refractivity contribution is 0.0479. The maximum atomic E-state index is 11.6. The first-order chi connectivity index (χ1) is 7.44. The lowest BCUT2D eigenvalue weighted by Gasteiger charge is -2.31. The summed E-state index contributed by atoms with van der Waals surface area (Å²) in [5.41, 5.74) is -0.412. The molecule has 0 aromatic heterocycles. The van der Waals surface area contributed by atoms with Crippen LogP contribution in [0.4, 0.5) is 4.79 Å². The van der Waals surface area contributed by atoms with Gasteiger partial charge in [0.1, 0.15) is 5.60 Å². The monoisotopic (exact) mass is 226 g/mol. The molecule has 2 aliphatic rings. The molecule has 3 atom stereocenters. The van der Waals surface area contributed by atoms with Gasteiger partial charge in [-0.25, -0.2) is 4.79 Å². The van der Waals surface area contributed by atoms with Crippen molar-refractivity contribution in [3.8, 4) is 0 Å². The van der Waals surface area contributed by atoms with Gasteiger partial charge in [0.05, 0.1) is 0 Å². The first kappa shape index (κ1) is 11.7. The van der Waals surface area contributed by atoms with Crippen molar-refractivity contribution in [2.24, 2.45) is 5.92 Å². The number of rotatable bonds is 1. The molecule has 2 N–H and O–H groups in total. The fourth-order valence-corrected chi connectivity index (χ4v) is 2.66. The summed E-state index contributed by atoms with van der Waals surface area (Å²) in [6.07, 6.45) is 3.38. The van der Waals surface area contributed by atoms with E-state index in [0.717, 1.165) is 6.54 Å². The molecule has 0 aromatic rings. The predicted molar refractivity (Wildman–Crippen MR) is 62.3 cm³/mol. The van der Waals surface area contributed by atoms with Gasteiger partial charge in [0.25, 0.3) is 0 Å². The minimum atomic E-state index is -0.412. The van der Waals surface area contributed by atoms with Crippen molar-refractivity contribution in [3.05, 3.63) is 0 Å². The highest BCUT2D eigenvalue weighted by Gasteiger charge is 2.36. The van der Waals surface area contributed by atoms with Gasteiger partial charge in [-0.2, -0.15) is 0 Å². The molecular formula is C12H22N2O2. The molecule has 2 bridgehead atoms. The average molecular weight is 226 g/mol. The highest BCUT2D eigenvalue weighted by molar-refractivity contribution is 5.68. The van der Waals surface area contributed by atoms with Crippen LogP contribution in [0.3, 0.4) is 0 Å². The van der Waals surface area contributed by atoms with Crippen LogP contribution in [0, 0.1) is 5.92 Å². The largest absolute Gasteiger partial charge is 0.444 e. The Morgan fingerprint density at radius 2 is 2.12 bits per heavy atom. The normalized spacial score (nSPS) is 33.6. The van der Waals surface area contributed by atoms with E-state index in [0.29, 0.717) is 12.0 Å². The third-order valence-corrected chi connectivity index (χ3v) is 3.37. The molecule has 1 saturated carbocycles. The van der Waals surface area contributed by atoms with Crippen LogP contribution in [-0.2, 0) is 4.74 Å². The zero-order chi connectivity index (χ0) is 11.8. The van der Waals surface area contributed by atoms with E-state index in [1.54, 1.807) is 0 Å². The average Bonchev–Trinajstić information content (AvgIpc) is 2.51. The van der Waals surface area contributed by atoms with Crippen molar-refractivity contribution in [2.45, 2.75) is 57.7 Å². The zero-order valence-electron chi connectivity index (χ0n) is 10.4. The first-order valence-corrected chi connectivity index (χ1v) is 6.17. The van der Waals surface area contributed by atoms with E-state index >= 15 is 0 Å². The van der Waals surface area contributed by atoms with E-state index in [4.69, 9.17) is 4.74 Å². The number of ether oxygens (including phenoxy) is 1. The number of amides is 1. The quantitative estimate of drug-likeness (QED) is 0.715. The van der Waals surface area contributed by atoms with E-state index in [2.05, 4.69) is 10.6 Å². The van der Waals surface area contributed by atoms with Gasteiger partial charge in [-0.3, -0.25) is 0 Å². The summed E-state index contributed by atoms with van der Waals surface area (Å²) in [5, 5.41) is 6.44. The molecule has 2 rings (SSSR count). The maximum Gasteiger partial charge on any atom is 0.407 e. The van der Waals surface area contributed by atoms with Crippen molar-refractivity contribution in [1.29, 1.82) is 0 Å². The molecule has 1 aliphatic carbocycles. The molecular weight excluding hydrogens is 204 g/mol. The van der Waals surface area contributed by atoms with Gasteiger partial charge in [0.2, 0.25) is 0 Å². The molecule has 0 aromatic carbocycles. The number of fused-ring (bicyclic) bond motifs is 2. The second-order valence-electron chi connectivity index (χ2n) is 5.93. The Morgan fingerprint density at radius 1 is 1.38 bits per heavy atom. The topological polar surface area (TPSA) is 50.4 Å². The van der Waals surface area contributed by atoms with Gasteiger partial charge < -0.3 is 15.4 Å². The van der Waals surface area contributed by atoms with E-state index in [1.807, 2.05) is 20.8 Å². The van der Waals surface area contributed by atoms with Crippen LogP contribution >= 0.6 is 0 Å². The van der Waals surface area contributed by atoms with Crippen molar-refractivity contribution >= 4 is 6.09 Å². The fourth-order valence-electron chi connectivity index (χ4n) is 2.66. The number of carbonyl (C=O) groups excluding carboxylic acids is 1. The van der Waals surface area contributed by atoms with Crippen molar-refractivity contribution in [2.75, 3.05) is 6.54 Å². The Morgan fingerprint density at radius 3 is 2.81 bits per heavy atom. The molecule has 1 saturated heterocycles. The first-order valence-electron chi connectivity index (χ1n) is 6.17. The van der Waals surface area contributed by atoms with Gasteiger partial charge in [-0.15, -0.1) is 0 Å². The number of hydrogen-bond donors (Lipinski definition) is 2. The van der Waals surface area contributed by atoms with E-state index in [-0.39, 0.29) is 12.1 Å². The molecule has 0 unspecified atom stereocenters. The number of piperidine rings is 1. The van der Waals surface area contributed by atoms with Crippen LogP contribution in [0.2, 0.25) is 0 Å². The summed E-state index contributed by atoms with van der Waals surface area (Å²) in [4.78, 5) is 11.6. The molecule has 4 nitrogen and oxygen atoms in total. The summed E-state index contributed by atoms with van der Waals surface area (Å²) in [5.74, 6) is 0.638.